The summed E-state index contributed by atoms with van der Waals surface area (Å²) in [6, 6.07) is 4.30. The minimum Gasteiger partial charge on any atom is -0.324 e. The third kappa shape index (κ3) is 3.67. The Hall–Kier alpha value is -2.29. The molecule has 0 aliphatic rings. The Balaban J connectivity index is 1.97. The van der Waals surface area contributed by atoms with E-state index in [0.29, 0.717) is 10.2 Å². The predicted molar refractivity (Wildman–Crippen MR) is 81.0 cm³/mol. The highest BCUT2D eigenvalue weighted by molar-refractivity contribution is 9.10. The number of halogens is 2. The van der Waals surface area contributed by atoms with Gasteiger partial charge in [-0.25, -0.2) is 4.39 Å². The number of nitro groups is 1. The largest absolute Gasteiger partial charge is 0.324 e. The second kappa shape index (κ2) is 6.65. The lowest BCUT2D eigenvalue weighted by Crippen LogP contribution is -2.16. The van der Waals surface area contributed by atoms with Crippen LogP contribution in [-0.4, -0.2) is 20.6 Å². The fourth-order valence-electron chi connectivity index (χ4n) is 1.85. The molecule has 0 radical (unpaired) electrons. The summed E-state index contributed by atoms with van der Waals surface area (Å²) in [7, 11) is 0. The first kappa shape index (κ1) is 16.1. The van der Waals surface area contributed by atoms with Gasteiger partial charge in [0.05, 0.1) is 17.2 Å². The molecule has 0 atom stereocenters. The van der Waals surface area contributed by atoms with Gasteiger partial charge in [0.25, 0.3) is 0 Å². The summed E-state index contributed by atoms with van der Waals surface area (Å²) in [4.78, 5) is 22.0. The lowest BCUT2D eigenvalue weighted by atomic mass is 10.3. The molecule has 0 aliphatic carbocycles. The maximum atomic E-state index is 13.6. The van der Waals surface area contributed by atoms with Crippen LogP contribution in [0.15, 0.2) is 28.9 Å². The number of nitrogens with one attached hydrogen (secondary N) is 1. The summed E-state index contributed by atoms with van der Waals surface area (Å²) in [5, 5.41) is 17.0. The van der Waals surface area contributed by atoms with Gasteiger partial charge in [-0.3, -0.25) is 19.6 Å². The molecule has 0 saturated carbocycles. The quantitative estimate of drug-likeness (QED) is 0.646. The zero-order chi connectivity index (χ0) is 16.3. The van der Waals surface area contributed by atoms with E-state index in [9.17, 15) is 19.3 Å². The Labute approximate surface area is 133 Å². The monoisotopic (exact) mass is 370 g/mol. The number of carbonyl (C=O) groups is 1. The van der Waals surface area contributed by atoms with Gasteiger partial charge in [-0.15, -0.1) is 0 Å². The number of amides is 1. The van der Waals surface area contributed by atoms with Gasteiger partial charge in [0, 0.05) is 10.9 Å². The molecule has 1 aromatic heterocycles. The van der Waals surface area contributed by atoms with Crippen molar-refractivity contribution in [2.45, 2.75) is 19.9 Å². The number of rotatable bonds is 5. The fraction of sp³-hybridized carbons (Fsp3) is 0.231. The molecule has 0 saturated heterocycles. The first-order valence-electron chi connectivity index (χ1n) is 6.30. The zero-order valence-corrected chi connectivity index (χ0v) is 13.1. The van der Waals surface area contributed by atoms with Crippen molar-refractivity contribution in [2.24, 2.45) is 0 Å². The number of benzene rings is 1. The first-order chi connectivity index (χ1) is 10.4. The molecule has 0 fully saturated rings. The molecule has 22 heavy (non-hydrogen) atoms. The number of hydrogen-bond donors (Lipinski definition) is 1. The van der Waals surface area contributed by atoms with E-state index < -0.39 is 16.6 Å². The van der Waals surface area contributed by atoms with Crippen LogP contribution in [0, 0.1) is 22.9 Å². The number of nitrogens with zero attached hydrogens (tertiary/aromatic N) is 3. The highest BCUT2D eigenvalue weighted by Crippen LogP contribution is 2.20. The molecule has 1 aromatic carbocycles. The van der Waals surface area contributed by atoms with Crippen LogP contribution >= 0.6 is 15.9 Å². The summed E-state index contributed by atoms with van der Waals surface area (Å²) in [6.45, 7) is 1.72. The van der Waals surface area contributed by atoms with E-state index >= 15 is 0 Å². The van der Waals surface area contributed by atoms with E-state index in [1.165, 1.54) is 16.8 Å². The summed E-state index contributed by atoms with van der Waals surface area (Å²) in [5.41, 5.74) is 0.350. The summed E-state index contributed by atoms with van der Waals surface area (Å²) >= 11 is 3.13. The molecule has 1 heterocycles. The molecule has 7 nitrogen and oxygen atoms in total. The van der Waals surface area contributed by atoms with Gasteiger partial charge in [0.15, 0.2) is 0 Å². The van der Waals surface area contributed by atoms with Crippen LogP contribution < -0.4 is 5.32 Å². The maximum Gasteiger partial charge on any atom is 0.309 e. The van der Waals surface area contributed by atoms with Crippen LogP contribution in [0.2, 0.25) is 0 Å². The zero-order valence-electron chi connectivity index (χ0n) is 11.5. The number of carbonyl (C=O) groups excluding carboxylic acids is 1. The van der Waals surface area contributed by atoms with Crippen molar-refractivity contribution < 1.29 is 14.1 Å². The van der Waals surface area contributed by atoms with Crippen LogP contribution in [0.1, 0.15) is 12.1 Å². The van der Waals surface area contributed by atoms with Crippen molar-refractivity contribution in [1.29, 1.82) is 0 Å². The second-order valence-corrected chi connectivity index (χ2v) is 5.43. The van der Waals surface area contributed by atoms with Crippen LogP contribution in [-0.2, 0) is 11.3 Å². The van der Waals surface area contributed by atoms with E-state index in [2.05, 4.69) is 26.3 Å². The Kier molecular flexibility index (Phi) is 4.86. The lowest BCUT2D eigenvalue weighted by Gasteiger charge is -2.07. The van der Waals surface area contributed by atoms with E-state index in [1.54, 1.807) is 13.0 Å². The molecule has 1 N–H and O–H groups in total. The van der Waals surface area contributed by atoms with Crippen molar-refractivity contribution in [3.05, 3.63) is 50.5 Å². The fourth-order valence-corrected chi connectivity index (χ4v) is 2.19. The van der Waals surface area contributed by atoms with Gasteiger partial charge in [-0.1, -0.05) is 15.9 Å². The molecule has 9 heteroatoms. The van der Waals surface area contributed by atoms with Gasteiger partial charge in [0.1, 0.15) is 17.7 Å². The Morgan fingerprint density at radius 2 is 2.27 bits per heavy atom. The normalized spacial score (nSPS) is 10.5. The molecule has 0 bridgehead atoms. The summed E-state index contributed by atoms with van der Waals surface area (Å²) in [6.07, 6.45) is 1.16. The van der Waals surface area contributed by atoms with E-state index in [1.807, 2.05) is 0 Å². The minimum absolute atomic E-state index is 0.0230. The Bertz CT molecular complexity index is 732. The van der Waals surface area contributed by atoms with Crippen molar-refractivity contribution in [1.82, 2.24) is 9.78 Å². The van der Waals surface area contributed by atoms with Gasteiger partial charge < -0.3 is 5.32 Å². The molecule has 0 aliphatic heterocycles. The van der Waals surface area contributed by atoms with Crippen molar-refractivity contribution >= 4 is 33.2 Å². The number of aromatic nitrogens is 2. The lowest BCUT2D eigenvalue weighted by molar-refractivity contribution is -0.385. The topological polar surface area (TPSA) is 90.1 Å². The average molecular weight is 371 g/mol. The van der Waals surface area contributed by atoms with Gasteiger partial charge in [-0.2, -0.15) is 5.10 Å². The van der Waals surface area contributed by atoms with Crippen molar-refractivity contribution in [3.8, 4) is 0 Å². The van der Waals surface area contributed by atoms with E-state index in [-0.39, 0.29) is 24.3 Å². The molecular formula is C13H12BrFN4O3. The number of hydrogen-bond acceptors (Lipinski definition) is 4. The minimum atomic E-state index is -0.548. The molecular weight excluding hydrogens is 359 g/mol. The van der Waals surface area contributed by atoms with Gasteiger partial charge >= 0.3 is 5.69 Å². The van der Waals surface area contributed by atoms with E-state index in [0.717, 1.165) is 6.20 Å². The number of anilines is 1. The third-order valence-electron chi connectivity index (χ3n) is 3.03. The van der Waals surface area contributed by atoms with Gasteiger partial charge in [-0.05, 0) is 25.1 Å². The molecule has 0 spiro atoms. The molecule has 1 amide bonds. The molecule has 116 valence electrons. The predicted octanol–water partition coefficient (Wildman–Crippen LogP) is 3.03. The molecule has 0 unspecified atom stereocenters. The third-order valence-corrected chi connectivity index (χ3v) is 3.52. The van der Waals surface area contributed by atoms with E-state index in [4.69, 9.17) is 0 Å². The van der Waals surface area contributed by atoms with Crippen LogP contribution in [0.3, 0.4) is 0 Å². The smallest absolute Gasteiger partial charge is 0.309 e. The number of aryl methyl sites for hydroxylation is 1. The Morgan fingerprint density at radius 3 is 2.86 bits per heavy atom. The second-order valence-electron chi connectivity index (χ2n) is 4.52. The first-order valence-corrected chi connectivity index (χ1v) is 7.09. The highest BCUT2D eigenvalue weighted by Gasteiger charge is 2.17. The molecule has 2 aromatic rings. The van der Waals surface area contributed by atoms with Crippen LogP contribution in [0.5, 0.6) is 0 Å². The summed E-state index contributed by atoms with van der Waals surface area (Å²) in [5.74, 6) is -0.951. The van der Waals surface area contributed by atoms with Crippen LogP contribution in [0.25, 0.3) is 0 Å². The molecule has 2 rings (SSSR count). The average Bonchev–Trinajstić information content (AvgIpc) is 2.81. The van der Waals surface area contributed by atoms with Crippen LogP contribution in [0.4, 0.5) is 15.8 Å². The van der Waals surface area contributed by atoms with Crippen molar-refractivity contribution in [2.75, 3.05) is 5.32 Å². The SMILES string of the molecule is Cc1c([N+](=O)[O-])cnn1CCC(=O)Nc1ccc(Br)cc1F. The van der Waals surface area contributed by atoms with Gasteiger partial charge in [0.2, 0.25) is 5.91 Å². The maximum absolute atomic E-state index is 13.6. The Morgan fingerprint density at radius 1 is 1.55 bits per heavy atom. The summed E-state index contributed by atoms with van der Waals surface area (Å²) < 4.78 is 15.5. The highest BCUT2D eigenvalue weighted by atomic mass is 79.9. The standard InChI is InChI=1S/C13H12BrFN4O3/c1-8-12(19(21)22)7-16-18(8)5-4-13(20)17-11-3-2-9(14)6-10(11)15/h2-3,6-7H,4-5H2,1H3,(H,17,20). The van der Waals surface area contributed by atoms with Crippen molar-refractivity contribution in [3.63, 3.8) is 0 Å².